The Hall–Kier alpha value is -0.650. The number of hydrogen-bond acceptors (Lipinski definition) is 5. The number of carbonyl (C=O) groups is 1. The maximum Gasteiger partial charge on any atom is 0.323 e. The first-order valence-electron chi connectivity index (χ1n) is 6.93. The minimum absolute atomic E-state index is 0.104. The lowest BCUT2D eigenvalue weighted by Crippen LogP contribution is -2.50. The Bertz CT molecular complexity index is 259. The van der Waals surface area contributed by atoms with Crippen molar-refractivity contribution >= 4 is 5.97 Å². The van der Waals surface area contributed by atoms with Crippen molar-refractivity contribution in [3.8, 4) is 0 Å². The molecular weight excluding hydrogens is 232 g/mol. The van der Waals surface area contributed by atoms with Crippen LogP contribution in [0.2, 0.25) is 0 Å². The average Bonchev–Trinajstić information content (AvgIpc) is 2.69. The summed E-state index contributed by atoms with van der Waals surface area (Å²) in [5.41, 5.74) is 0. The van der Waals surface area contributed by atoms with E-state index in [2.05, 4.69) is 10.2 Å². The van der Waals surface area contributed by atoms with E-state index in [1.54, 1.807) is 0 Å². The summed E-state index contributed by atoms with van der Waals surface area (Å²) in [5, 5.41) is 3.37. The van der Waals surface area contributed by atoms with Gasteiger partial charge in [0.25, 0.3) is 0 Å². The van der Waals surface area contributed by atoms with Gasteiger partial charge in [-0.15, -0.1) is 0 Å². The molecule has 0 amide bonds. The predicted octanol–water partition coefficient (Wildman–Crippen LogP) is 0.250. The third-order valence-corrected chi connectivity index (χ3v) is 3.85. The van der Waals surface area contributed by atoms with Crippen LogP contribution in [0.25, 0.3) is 0 Å². The zero-order valence-electron chi connectivity index (χ0n) is 11.2. The Balaban J connectivity index is 2.04. The molecule has 2 unspecified atom stereocenters. The van der Waals surface area contributed by atoms with E-state index in [-0.39, 0.29) is 17.9 Å². The SMILES string of the molecule is COC(=O)C(C1CCCOC1)N1CCCNCC1. The average molecular weight is 256 g/mol. The van der Waals surface area contributed by atoms with Gasteiger partial charge in [-0.05, 0) is 25.8 Å². The smallest absolute Gasteiger partial charge is 0.323 e. The predicted molar refractivity (Wildman–Crippen MR) is 68.4 cm³/mol. The van der Waals surface area contributed by atoms with Gasteiger partial charge in [0, 0.05) is 32.2 Å². The fourth-order valence-electron chi connectivity index (χ4n) is 2.92. The first-order valence-corrected chi connectivity index (χ1v) is 6.93. The quantitative estimate of drug-likeness (QED) is 0.734. The van der Waals surface area contributed by atoms with Crippen LogP contribution in [0.5, 0.6) is 0 Å². The second-order valence-corrected chi connectivity index (χ2v) is 5.08. The van der Waals surface area contributed by atoms with Gasteiger partial charge in [0.1, 0.15) is 6.04 Å². The lowest BCUT2D eigenvalue weighted by molar-refractivity contribution is -0.151. The lowest BCUT2D eigenvalue weighted by Gasteiger charge is -2.35. The van der Waals surface area contributed by atoms with Crippen LogP contribution < -0.4 is 5.32 Å². The van der Waals surface area contributed by atoms with Gasteiger partial charge in [-0.2, -0.15) is 0 Å². The monoisotopic (exact) mass is 256 g/mol. The lowest BCUT2D eigenvalue weighted by atomic mass is 9.92. The van der Waals surface area contributed by atoms with Gasteiger partial charge >= 0.3 is 5.97 Å². The molecule has 2 saturated heterocycles. The number of carbonyl (C=O) groups excluding carboxylic acids is 1. The summed E-state index contributed by atoms with van der Waals surface area (Å²) in [6.07, 6.45) is 3.19. The molecule has 2 rings (SSSR count). The van der Waals surface area contributed by atoms with Crippen LogP contribution in [-0.2, 0) is 14.3 Å². The number of nitrogens with zero attached hydrogens (tertiary/aromatic N) is 1. The van der Waals surface area contributed by atoms with E-state index in [1.165, 1.54) is 7.11 Å². The maximum atomic E-state index is 12.1. The molecule has 0 bridgehead atoms. The third kappa shape index (κ3) is 3.43. The van der Waals surface area contributed by atoms with Gasteiger partial charge in [0.15, 0.2) is 0 Å². The fraction of sp³-hybridized carbons (Fsp3) is 0.923. The van der Waals surface area contributed by atoms with Crippen molar-refractivity contribution in [1.29, 1.82) is 0 Å². The van der Waals surface area contributed by atoms with Crippen LogP contribution in [0.3, 0.4) is 0 Å². The molecule has 2 aliphatic rings. The van der Waals surface area contributed by atoms with E-state index in [4.69, 9.17) is 9.47 Å². The Morgan fingerprint density at radius 1 is 1.39 bits per heavy atom. The third-order valence-electron chi connectivity index (χ3n) is 3.85. The Morgan fingerprint density at radius 2 is 2.28 bits per heavy atom. The summed E-state index contributed by atoms with van der Waals surface area (Å²) < 4.78 is 10.5. The van der Waals surface area contributed by atoms with Gasteiger partial charge in [-0.25, -0.2) is 0 Å². The molecule has 0 aromatic rings. The van der Waals surface area contributed by atoms with Crippen LogP contribution in [-0.4, -0.2) is 63.4 Å². The second-order valence-electron chi connectivity index (χ2n) is 5.08. The van der Waals surface area contributed by atoms with Crippen molar-refractivity contribution in [3.63, 3.8) is 0 Å². The molecule has 2 aliphatic heterocycles. The standard InChI is InChI=1S/C13H24N2O3/c1-17-13(16)12(11-4-2-9-18-10-11)15-7-3-5-14-6-8-15/h11-12,14H,2-10H2,1H3. The summed E-state index contributed by atoms with van der Waals surface area (Å²) >= 11 is 0. The van der Waals surface area contributed by atoms with Gasteiger partial charge in [0.2, 0.25) is 0 Å². The Kier molecular flexibility index (Phi) is 5.41. The Morgan fingerprint density at radius 3 is 3.00 bits per heavy atom. The molecule has 2 atom stereocenters. The number of hydrogen-bond donors (Lipinski definition) is 1. The van der Waals surface area contributed by atoms with E-state index < -0.39 is 0 Å². The molecule has 0 aromatic carbocycles. The number of nitrogens with one attached hydrogen (secondary N) is 1. The van der Waals surface area contributed by atoms with Gasteiger partial charge in [0.05, 0.1) is 13.7 Å². The zero-order valence-corrected chi connectivity index (χ0v) is 11.2. The van der Waals surface area contributed by atoms with E-state index in [0.717, 1.165) is 52.0 Å². The summed E-state index contributed by atoms with van der Waals surface area (Å²) in [6, 6.07) is -0.129. The first-order chi connectivity index (χ1) is 8.83. The minimum atomic E-state index is -0.129. The van der Waals surface area contributed by atoms with Crippen LogP contribution in [0.1, 0.15) is 19.3 Å². The molecule has 5 heteroatoms. The van der Waals surface area contributed by atoms with E-state index in [9.17, 15) is 4.79 Å². The van der Waals surface area contributed by atoms with Crippen LogP contribution in [0.15, 0.2) is 0 Å². The molecule has 1 N–H and O–H groups in total. The maximum absolute atomic E-state index is 12.1. The highest BCUT2D eigenvalue weighted by Gasteiger charge is 2.35. The van der Waals surface area contributed by atoms with Crippen molar-refractivity contribution in [2.45, 2.75) is 25.3 Å². The van der Waals surface area contributed by atoms with Crippen molar-refractivity contribution in [1.82, 2.24) is 10.2 Å². The molecule has 2 heterocycles. The molecule has 0 aliphatic carbocycles. The normalized spacial score (nSPS) is 28.4. The summed E-state index contributed by atoms with van der Waals surface area (Å²) in [5.74, 6) is 0.178. The van der Waals surface area contributed by atoms with E-state index in [1.807, 2.05) is 0 Å². The molecule has 5 nitrogen and oxygen atoms in total. The van der Waals surface area contributed by atoms with Gasteiger partial charge < -0.3 is 14.8 Å². The fourth-order valence-corrected chi connectivity index (χ4v) is 2.92. The van der Waals surface area contributed by atoms with Crippen molar-refractivity contribution in [3.05, 3.63) is 0 Å². The molecule has 104 valence electrons. The molecule has 0 aromatic heterocycles. The van der Waals surface area contributed by atoms with Gasteiger partial charge in [-0.1, -0.05) is 0 Å². The number of rotatable bonds is 3. The van der Waals surface area contributed by atoms with Crippen molar-refractivity contribution in [2.24, 2.45) is 5.92 Å². The number of methoxy groups -OCH3 is 1. The van der Waals surface area contributed by atoms with Crippen molar-refractivity contribution in [2.75, 3.05) is 46.5 Å². The van der Waals surface area contributed by atoms with Crippen LogP contribution in [0.4, 0.5) is 0 Å². The van der Waals surface area contributed by atoms with Crippen molar-refractivity contribution < 1.29 is 14.3 Å². The minimum Gasteiger partial charge on any atom is -0.468 e. The number of ether oxygens (including phenoxy) is 2. The highest BCUT2D eigenvalue weighted by molar-refractivity contribution is 5.76. The molecule has 0 saturated carbocycles. The zero-order chi connectivity index (χ0) is 12.8. The molecule has 0 spiro atoms. The molecular formula is C13H24N2O3. The van der Waals surface area contributed by atoms with Gasteiger partial charge in [-0.3, -0.25) is 9.69 Å². The van der Waals surface area contributed by atoms with E-state index >= 15 is 0 Å². The summed E-state index contributed by atoms with van der Waals surface area (Å²) in [6.45, 7) is 5.36. The second kappa shape index (κ2) is 7.07. The Labute approximate surface area is 109 Å². The first kappa shape index (κ1) is 13.8. The largest absolute Gasteiger partial charge is 0.468 e. The highest BCUT2D eigenvalue weighted by atomic mass is 16.5. The van der Waals surface area contributed by atoms with Crippen LogP contribution >= 0.6 is 0 Å². The van der Waals surface area contributed by atoms with E-state index in [0.29, 0.717) is 6.61 Å². The highest BCUT2D eigenvalue weighted by Crippen LogP contribution is 2.23. The summed E-state index contributed by atoms with van der Waals surface area (Å²) in [7, 11) is 1.48. The molecule has 18 heavy (non-hydrogen) atoms. The molecule has 0 radical (unpaired) electrons. The summed E-state index contributed by atoms with van der Waals surface area (Å²) in [4.78, 5) is 14.4. The number of esters is 1. The molecule has 2 fully saturated rings. The van der Waals surface area contributed by atoms with Crippen LogP contribution in [0, 0.1) is 5.92 Å². The topological polar surface area (TPSA) is 50.8 Å².